The Hall–Kier alpha value is -1.77. The first-order chi connectivity index (χ1) is 7.92. The second-order valence-corrected chi connectivity index (χ2v) is 3.94. The van der Waals surface area contributed by atoms with Crippen LogP contribution in [0.4, 0.5) is 0 Å². The molecule has 1 rings (SSSR count). The highest BCUT2D eigenvalue weighted by Crippen LogP contribution is 2.13. The molecule has 0 aliphatic carbocycles. The van der Waals surface area contributed by atoms with Crippen LogP contribution in [0.2, 0.25) is 0 Å². The van der Waals surface area contributed by atoms with E-state index in [1.165, 1.54) is 19.4 Å². The topological polar surface area (TPSA) is 71.5 Å². The average Bonchev–Trinajstić information content (AvgIpc) is 2.24. The summed E-state index contributed by atoms with van der Waals surface area (Å²) in [6.07, 6.45) is 1.41. The number of aliphatic hydroxyl groups is 1. The van der Waals surface area contributed by atoms with Gasteiger partial charge in [-0.25, -0.2) is 0 Å². The fourth-order valence-electron chi connectivity index (χ4n) is 1.02. The minimum absolute atomic E-state index is 0.0588. The highest BCUT2D eigenvalue weighted by atomic mass is 16.7. The maximum atomic E-state index is 11.2. The summed E-state index contributed by atoms with van der Waals surface area (Å²) in [6.45, 7) is 3.18. The fraction of sp³-hybridized carbons (Fsp3) is 0.417. The van der Waals surface area contributed by atoms with E-state index in [0.29, 0.717) is 11.3 Å². The molecule has 0 saturated carbocycles. The molecule has 0 bridgehead atoms. The van der Waals surface area contributed by atoms with Crippen LogP contribution >= 0.6 is 0 Å². The van der Waals surface area contributed by atoms with Gasteiger partial charge < -0.3 is 19.6 Å². The van der Waals surface area contributed by atoms with Crippen LogP contribution in [-0.2, 0) is 4.74 Å². The van der Waals surface area contributed by atoms with E-state index in [4.69, 9.17) is 9.47 Å². The van der Waals surface area contributed by atoms with Gasteiger partial charge in [0.05, 0.1) is 5.56 Å². The van der Waals surface area contributed by atoms with Gasteiger partial charge in [-0.05, 0) is 13.8 Å². The van der Waals surface area contributed by atoms with Crippen LogP contribution in [0, 0.1) is 11.8 Å². The van der Waals surface area contributed by atoms with E-state index in [1.807, 2.05) is 0 Å². The molecule has 1 heterocycles. The van der Waals surface area contributed by atoms with Gasteiger partial charge in [-0.3, -0.25) is 4.79 Å². The number of methoxy groups -OCH3 is 1. The molecule has 0 saturated heterocycles. The van der Waals surface area contributed by atoms with E-state index in [9.17, 15) is 9.90 Å². The predicted octanol–water partition coefficient (Wildman–Crippen LogP) is 0.480. The monoisotopic (exact) mass is 237 g/mol. The lowest BCUT2D eigenvalue weighted by Gasteiger charge is -2.08. The van der Waals surface area contributed by atoms with E-state index in [-0.39, 0.29) is 12.4 Å². The van der Waals surface area contributed by atoms with Gasteiger partial charge in [-0.1, -0.05) is 11.8 Å². The van der Waals surface area contributed by atoms with E-state index in [0.717, 1.165) is 0 Å². The van der Waals surface area contributed by atoms with Crippen molar-refractivity contribution < 1.29 is 14.6 Å². The summed E-state index contributed by atoms with van der Waals surface area (Å²) in [5, 5.41) is 9.49. The molecule has 0 aliphatic rings. The summed E-state index contributed by atoms with van der Waals surface area (Å²) in [7, 11) is 1.49. The first kappa shape index (κ1) is 13.3. The molecule has 0 atom stereocenters. The summed E-state index contributed by atoms with van der Waals surface area (Å²) < 4.78 is 9.99. The molecular formula is C12H15NO4. The number of aromatic nitrogens is 1. The zero-order valence-corrected chi connectivity index (χ0v) is 10.0. The first-order valence-corrected chi connectivity index (χ1v) is 5.02. The fourth-order valence-corrected chi connectivity index (χ4v) is 1.02. The molecule has 0 fully saturated rings. The van der Waals surface area contributed by atoms with E-state index >= 15 is 0 Å². The normalized spacial score (nSPS) is 10.6. The van der Waals surface area contributed by atoms with Crippen LogP contribution in [0.1, 0.15) is 19.4 Å². The van der Waals surface area contributed by atoms with Crippen molar-refractivity contribution in [3.05, 3.63) is 28.2 Å². The van der Waals surface area contributed by atoms with Gasteiger partial charge in [-0.2, -0.15) is 0 Å². The van der Waals surface area contributed by atoms with E-state index < -0.39 is 5.60 Å². The van der Waals surface area contributed by atoms with Gasteiger partial charge in [0.15, 0.2) is 12.5 Å². The van der Waals surface area contributed by atoms with Crippen molar-refractivity contribution in [2.45, 2.75) is 19.4 Å². The molecule has 0 radical (unpaired) electrons. The van der Waals surface area contributed by atoms with Gasteiger partial charge in [0.25, 0.3) is 0 Å². The molecule has 0 spiro atoms. The summed E-state index contributed by atoms with van der Waals surface area (Å²) in [5.41, 5.74) is -0.996. The molecule has 0 aromatic carbocycles. The van der Waals surface area contributed by atoms with Crippen molar-refractivity contribution >= 4 is 0 Å². The van der Waals surface area contributed by atoms with Crippen molar-refractivity contribution in [2.75, 3.05) is 13.9 Å². The average molecular weight is 237 g/mol. The zero-order valence-electron chi connectivity index (χ0n) is 10.0. The number of H-pyrrole nitrogens is 1. The molecular weight excluding hydrogens is 222 g/mol. The Labute approximate surface area is 99.4 Å². The summed E-state index contributed by atoms with van der Waals surface area (Å²) in [6, 6.07) is 1.31. The highest BCUT2D eigenvalue weighted by molar-refractivity contribution is 5.44. The number of pyridine rings is 1. The lowest BCUT2D eigenvalue weighted by Crippen LogP contribution is -2.15. The van der Waals surface area contributed by atoms with Gasteiger partial charge >= 0.3 is 0 Å². The first-order valence-electron chi connectivity index (χ1n) is 5.02. The van der Waals surface area contributed by atoms with Crippen LogP contribution in [0.3, 0.4) is 0 Å². The molecule has 17 heavy (non-hydrogen) atoms. The third kappa shape index (κ3) is 4.72. The molecule has 92 valence electrons. The van der Waals surface area contributed by atoms with Crippen LogP contribution in [0.15, 0.2) is 17.1 Å². The van der Waals surface area contributed by atoms with Gasteiger partial charge in [-0.15, -0.1) is 0 Å². The Kier molecular flexibility index (Phi) is 4.32. The number of rotatable bonds is 3. The molecule has 1 aromatic rings. The predicted molar refractivity (Wildman–Crippen MR) is 62.7 cm³/mol. The number of aromatic amines is 1. The van der Waals surface area contributed by atoms with Gasteiger partial charge in [0.1, 0.15) is 5.60 Å². The third-order valence-electron chi connectivity index (χ3n) is 1.72. The molecule has 2 N–H and O–H groups in total. The minimum atomic E-state index is -1.12. The standard InChI is InChI=1S/C12H15NO4/c1-12(2,15)5-4-9-6-11(14)13-7-10(9)17-8-16-3/h6-7,15H,8H2,1-3H3,(H,13,14). The van der Waals surface area contributed by atoms with Crippen molar-refractivity contribution in [1.29, 1.82) is 0 Å². The lowest BCUT2D eigenvalue weighted by molar-refractivity contribution is 0.0506. The Morgan fingerprint density at radius 1 is 1.53 bits per heavy atom. The SMILES string of the molecule is COCOc1c[nH]c(=O)cc1C#CC(C)(C)O. The Bertz CT molecular complexity index is 488. The number of ether oxygens (including phenoxy) is 2. The largest absolute Gasteiger partial charge is 0.465 e. The Morgan fingerprint density at radius 2 is 2.24 bits per heavy atom. The quantitative estimate of drug-likeness (QED) is 0.592. The second kappa shape index (κ2) is 5.53. The minimum Gasteiger partial charge on any atom is -0.465 e. The summed E-state index contributed by atoms with van der Waals surface area (Å²) in [4.78, 5) is 13.6. The molecule has 5 nitrogen and oxygen atoms in total. The Balaban J connectivity index is 3.06. The van der Waals surface area contributed by atoms with Crippen LogP contribution in [0.5, 0.6) is 5.75 Å². The Morgan fingerprint density at radius 3 is 2.82 bits per heavy atom. The van der Waals surface area contributed by atoms with Gasteiger partial charge in [0, 0.05) is 19.4 Å². The maximum Gasteiger partial charge on any atom is 0.249 e. The number of hydrogen-bond acceptors (Lipinski definition) is 4. The van der Waals surface area contributed by atoms with E-state index in [2.05, 4.69) is 16.8 Å². The van der Waals surface area contributed by atoms with Crippen LogP contribution in [-0.4, -0.2) is 29.6 Å². The third-order valence-corrected chi connectivity index (χ3v) is 1.72. The van der Waals surface area contributed by atoms with Crippen LogP contribution < -0.4 is 10.3 Å². The summed E-state index contributed by atoms with van der Waals surface area (Å²) in [5.74, 6) is 5.72. The van der Waals surface area contributed by atoms with Gasteiger partial charge in [0.2, 0.25) is 5.56 Å². The van der Waals surface area contributed by atoms with Crippen molar-refractivity contribution in [1.82, 2.24) is 4.98 Å². The zero-order chi connectivity index (χ0) is 12.9. The number of hydrogen-bond donors (Lipinski definition) is 2. The van der Waals surface area contributed by atoms with Crippen molar-refractivity contribution in [3.8, 4) is 17.6 Å². The van der Waals surface area contributed by atoms with Crippen molar-refractivity contribution in [2.24, 2.45) is 0 Å². The molecule has 0 aliphatic heterocycles. The maximum absolute atomic E-state index is 11.2. The smallest absolute Gasteiger partial charge is 0.249 e. The number of nitrogens with one attached hydrogen (secondary N) is 1. The molecule has 0 amide bonds. The molecule has 0 unspecified atom stereocenters. The summed E-state index contributed by atoms with van der Waals surface area (Å²) >= 11 is 0. The van der Waals surface area contributed by atoms with Crippen LogP contribution in [0.25, 0.3) is 0 Å². The molecule has 5 heteroatoms. The lowest BCUT2D eigenvalue weighted by atomic mass is 10.1. The van der Waals surface area contributed by atoms with Crippen molar-refractivity contribution in [3.63, 3.8) is 0 Å². The second-order valence-electron chi connectivity index (χ2n) is 3.94. The van der Waals surface area contributed by atoms with E-state index in [1.54, 1.807) is 13.8 Å². The highest BCUT2D eigenvalue weighted by Gasteiger charge is 2.07. The molecule has 1 aromatic heterocycles.